The highest BCUT2D eigenvalue weighted by molar-refractivity contribution is 9.10. The van der Waals surface area contributed by atoms with Crippen LogP contribution >= 0.6 is 27.5 Å². The Hall–Kier alpha value is -1.26. The molecule has 16 heavy (non-hydrogen) atoms. The van der Waals surface area contributed by atoms with Crippen molar-refractivity contribution in [1.82, 2.24) is 4.98 Å². The zero-order valence-corrected chi connectivity index (χ0v) is 10.6. The molecule has 3 nitrogen and oxygen atoms in total. The third-order valence-electron chi connectivity index (χ3n) is 1.99. The number of halogens is 2. The highest BCUT2D eigenvalue weighted by Crippen LogP contribution is 2.28. The number of nitrogens with zero attached hydrogens (tertiary/aromatic N) is 1. The molecule has 1 aromatic carbocycles. The van der Waals surface area contributed by atoms with E-state index in [1.165, 1.54) is 0 Å². The zero-order chi connectivity index (χ0) is 11.5. The molecule has 5 heteroatoms. The molecule has 0 fully saturated rings. The van der Waals surface area contributed by atoms with E-state index in [9.17, 15) is 0 Å². The van der Waals surface area contributed by atoms with Gasteiger partial charge in [0.05, 0.1) is 22.6 Å². The van der Waals surface area contributed by atoms with Gasteiger partial charge in [-0.25, -0.2) is 4.98 Å². The van der Waals surface area contributed by atoms with Crippen LogP contribution in [0.25, 0.3) is 0 Å². The van der Waals surface area contributed by atoms with Crippen LogP contribution in [0.4, 0.5) is 17.2 Å². The molecule has 0 saturated carbocycles. The number of aromatic nitrogens is 1. The van der Waals surface area contributed by atoms with Gasteiger partial charge in [0, 0.05) is 4.47 Å². The van der Waals surface area contributed by atoms with Gasteiger partial charge in [0.25, 0.3) is 0 Å². The number of hydrogen-bond donors (Lipinski definition) is 2. The van der Waals surface area contributed by atoms with Crippen molar-refractivity contribution in [2.75, 3.05) is 11.1 Å². The van der Waals surface area contributed by atoms with Crippen molar-refractivity contribution < 1.29 is 0 Å². The summed E-state index contributed by atoms with van der Waals surface area (Å²) in [4.78, 5) is 3.99. The second-order valence-electron chi connectivity index (χ2n) is 3.22. The van der Waals surface area contributed by atoms with Crippen LogP contribution in [0.15, 0.2) is 41.0 Å². The lowest BCUT2D eigenvalue weighted by molar-refractivity contribution is 1.33. The fraction of sp³-hybridized carbons (Fsp3) is 0. The largest absolute Gasteiger partial charge is 0.384 e. The Bertz CT molecular complexity index is 499. The van der Waals surface area contributed by atoms with Gasteiger partial charge in [0.1, 0.15) is 5.82 Å². The number of anilines is 3. The van der Waals surface area contributed by atoms with E-state index in [0.29, 0.717) is 10.8 Å². The van der Waals surface area contributed by atoms with Crippen molar-refractivity contribution >= 4 is 44.7 Å². The average Bonchev–Trinajstić information content (AvgIpc) is 2.27. The standard InChI is InChI=1S/C11H9BrClN3/c12-7-1-3-9(13)10(5-7)16-8-2-4-11(14)15-6-8/h1-6,16H,(H2,14,15). The minimum Gasteiger partial charge on any atom is -0.384 e. The van der Waals surface area contributed by atoms with Crippen LogP contribution in [0.3, 0.4) is 0 Å². The van der Waals surface area contributed by atoms with Gasteiger partial charge in [-0.2, -0.15) is 0 Å². The van der Waals surface area contributed by atoms with Gasteiger partial charge in [0.15, 0.2) is 0 Å². The maximum Gasteiger partial charge on any atom is 0.123 e. The fourth-order valence-electron chi connectivity index (χ4n) is 1.23. The van der Waals surface area contributed by atoms with Gasteiger partial charge in [-0.05, 0) is 30.3 Å². The molecule has 1 heterocycles. The molecule has 2 aromatic rings. The Morgan fingerprint density at radius 2 is 2.06 bits per heavy atom. The SMILES string of the molecule is Nc1ccc(Nc2cc(Br)ccc2Cl)cn1. The molecular weight excluding hydrogens is 289 g/mol. The third-order valence-corrected chi connectivity index (χ3v) is 2.82. The molecule has 82 valence electrons. The first-order valence-corrected chi connectivity index (χ1v) is 5.76. The highest BCUT2D eigenvalue weighted by atomic mass is 79.9. The van der Waals surface area contributed by atoms with Gasteiger partial charge in [0.2, 0.25) is 0 Å². The summed E-state index contributed by atoms with van der Waals surface area (Å²) in [5.41, 5.74) is 7.17. The van der Waals surface area contributed by atoms with Crippen molar-refractivity contribution in [3.05, 3.63) is 46.0 Å². The molecule has 0 aliphatic rings. The van der Waals surface area contributed by atoms with E-state index in [1.54, 1.807) is 12.3 Å². The highest BCUT2D eigenvalue weighted by Gasteiger charge is 2.01. The number of pyridine rings is 1. The second-order valence-corrected chi connectivity index (χ2v) is 4.54. The molecule has 3 N–H and O–H groups in total. The van der Waals surface area contributed by atoms with Crippen molar-refractivity contribution in [2.45, 2.75) is 0 Å². The molecule has 0 unspecified atom stereocenters. The summed E-state index contributed by atoms with van der Waals surface area (Å²) >= 11 is 9.44. The summed E-state index contributed by atoms with van der Waals surface area (Å²) in [6.07, 6.45) is 1.66. The van der Waals surface area contributed by atoms with Gasteiger partial charge >= 0.3 is 0 Å². The van der Waals surface area contributed by atoms with Crippen molar-refractivity contribution in [1.29, 1.82) is 0 Å². The van der Waals surface area contributed by atoms with Gasteiger partial charge in [-0.15, -0.1) is 0 Å². The number of nitrogens with two attached hydrogens (primary N) is 1. The van der Waals surface area contributed by atoms with E-state index in [-0.39, 0.29) is 0 Å². The van der Waals surface area contributed by atoms with Crippen LogP contribution in [0.2, 0.25) is 5.02 Å². The van der Waals surface area contributed by atoms with E-state index in [1.807, 2.05) is 24.3 Å². The van der Waals surface area contributed by atoms with Gasteiger partial charge < -0.3 is 11.1 Å². The Labute approximate surface area is 107 Å². The summed E-state index contributed by atoms with van der Waals surface area (Å²) in [6, 6.07) is 9.18. The normalized spacial score (nSPS) is 10.1. The van der Waals surface area contributed by atoms with E-state index >= 15 is 0 Å². The number of nitrogen functional groups attached to an aromatic ring is 1. The topological polar surface area (TPSA) is 50.9 Å². The number of nitrogens with one attached hydrogen (secondary N) is 1. The summed E-state index contributed by atoms with van der Waals surface area (Å²) < 4.78 is 0.961. The lowest BCUT2D eigenvalue weighted by Gasteiger charge is -2.08. The molecule has 2 rings (SSSR count). The lowest BCUT2D eigenvalue weighted by atomic mass is 10.3. The Balaban J connectivity index is 2.26. The smallest absolute Gasteiger partial charge is 0.123 e. The molecular formula is C11H9BrClN3. The van der Waals surface area contributed by atoms with Crippen LogP contribution in [0.5, 0.6) is 0 Å². The van der Waals surface area contributed by atoms with E-state index in [2.05, 4.69) is 26.2 Å². The number of rotatable bonds is 2. The lowest BCUT2D eigenvalue weighted by Crippen LogP contribution is -1.94. The Kier molecular flexibility index (Phi) is 3.31. The maximum absolute atomic E-state index is 6.05. The summed E-state index contributed by atoms with van der Waals surface area (Å²) in [5, 5.41) is 3.81. The predicted molar refractivity (Wildman–Crippen MR) is 71.1 cm³/mol. The van der Waals surface area contributed by atoms with E-state index < -0.39 is 0 Å². The molecule has 0 aliphatic carbocycles. The molecule has 0 atom stereocenters. The van der Waals surface area contributed by atoms with E-state index in [4.69, 9.17) is 17.3 Å². The van der Waals surface area contributed by atoms with Crippen LogP contribution in [0.1, 0.15) is 0 Å². The van der Waals surface area contributed by atoms with Gasteiger partial charge in [-0.3, -0.25) is 0 Å². The molecule has 0 saturated heterocycles. The maximum atomic E-state index is 6.05. The minimum atomic E-state index is 0.492. The summed E-state index contributed by atoms with van der Waals surface area (Å²) in [7, 11) is 0. The molecule has 0 spiro atoms. The van der Waals surface area contributed by atoms with E-state index in [0.717, 1.165) is 15.8 Å². The molecule has 0 bridgehead atoms. The van der Waals surface area contributed by atoms with Crippen LogP contribution in [0, 0.1) is 0 Å². The summed E-state index contributed by atoms with van der Waals surface area (Å²) in [5.74, 6) is 0.492. The minimum absolute atomic E-state index is 0.492. The molecule has 1 aromatic heterocycles. The Morgan fingerprint density at radius 3 is 2.75 bits per heavy atom. The molecule has 0 aliphatic heterocycles. The zero-order valence-electron chi connectivity index (χ0n) is 8.24. The molecule has 0 amide bonds. The molecule has 0 radical (unpaired) electrons. The quantitative estimate of drug-likeness (QED) is 0.886. The Morgan fingerprint density at radius 1 is 1.25 bits per heavy atom. The summed E-state index contributed by atoms with van der Waals surface area (Å²) in [6.45, 7) is 0. The first kappa shape index (κ1) is 11.2. The van der Waals surface area contributed by atoms with Crippen LogP contribution < -0.4 is 11.1 Å². The van der Waals surface area contributed by atoms with Crippen molar-refractivity contribution in [2.24, 2.45) is 0 Å². The monoisotopic (exact) mass is 297 g/mol. The van der Waals surface area contributed by atoms with Crippen LogP contribution in [-0.4, -0.2) is 4.98 Å². The number of hydrogen-bond acceptors (Lipinski definition) is 3. The van der Waals surface area contributed by atoms with Crippen LogP contribution in [-0.2, 0) is 0 Å². The first-order valence-electron chi connectivity index (χ1n) is 4.59. The predicted octanol–water partition coefficient (Wildman–Crippen LogP) is 3.82. The fourth-order valence-corrected chi connectivity index (χ4v) is 1.75. The van der Waals surface area contributed by atoms with Crippen molar-refractivity contribution in [3.8, 4) is 0 Å². The van der Waals surface area contributed by atoms with Gasteiger partial charge in [-0.1, -0.05) is 27.5 Å². The second kappa shape index (κ2) is 4.72. The van der Waals surface area contributed by atoms with Crippen molar-refractivity contribution in [3.63, 3.8) is 0 Å². The number of benzene rings is 1. The average molecular weight is 299 g/mol. The third kappa shape index (κ3) is 2.65. The first-order chi connectivity index (χ1) is 7.65.